The number of likely N-dealkylation sites (tertiary alicyclic amines) is 1. The highest BCUT2D eigenvalue weighted by Crippen LogP contribution is 2.31. The van der Waals surface area contributed by atoms with Crippen LogP contribution in [0.2, 0.25) is 0 Å². The number of methoxy groups -OCH3 is 2. The lowest BCUT2D eigenvalue weighted by atomic mass is 9.93. The maximum absolute atomic E-state index is 13.2. The SMILES string of the molecule is COc1ccc(OC)c(C(=O)N2CCCC(c3[nH]nc4nccnc34)C2)c1. The highest BCUT2D eigenvalue weighted by molar-refractivity contribution is 5.97. The Labute approximate surface area is 156 Å². The Morgan fingerprint density at radius 2 is 2.07 bits per heavy atom. The molecule has 1 unspecified atom stereocenters. The lowest BCUT2D eigenvalue weighted by Gasteiger charge is -2.32. The van der Waals surface area contributed by atoms with Gasteiger partial charge in [0.2, 0.25) is 0 Å². The molecule has 0 spiro atoms. The lowest BCUT2D eigenvalue weighted by molar-refractivity contribution is 0.0702. The molecule has 1 fully saturated rings. The maximum atomic E-state index is 13.2. The van der Waals surface area contributed by atoms with Crippen molar-refractivity contribution < 1.29 is 14.3 Å². The van der Waals surface area contributed by atoms with Gasteiger partial charge in [-0.25, -0.2) is 9.97 Å². The number of aromatic nitrogens is 4. The number of aromatic amines is 1. The zero-order valence-electron chi connectivity index (χ0n) is 15.3. The van der Waals surface area contributed by atoms with E-state index in [4.69, 9.17) is 9.47 Å². The highest BCUT2D eigenvalue weighted by atomic mass is 16.5. The van der Waals surface area contributed by atoms with E-state index in [0.717, 1.165) is 24.1 Å². The van der Waals surface area contributed by atoms with E-state index in [0.29, 0.717) is 35.8 Å². The van der Waals surface area contributed by atoms with Crippen molar-refractivity contribution in [3.05, 3.63) is 41.9 Å². The average molecular weight is 367 g/mol. The van der Waals surface area contributed by atoms with Gasteiger partial charge in [-0.3, -0.25) is 9.89 Å². The third-order valence-electron chi connectivity index (χ3n) is 4.97. The fraction of sp³-hybridized carbons (Fsp3) is 0.368. The van der Waals surface area contributed by atoms with Crippen molar-refractivity contribution in [2.75, 3.05) is 27.3 Å². The number of benzene rings is 1. The monoisotopic (exact) mass is 367 g/mol. The molecule has 3 heterocycles. The third-order valence-corrected chi connectivity index (χ3v) is 4.97. The summed E-state index contributed by atoms with van der Waals surface area (Å²) in [6, 6.07) is 5.26. The number of H-pyrrole nitrogens is 1. The Hall–Kier alpha value is -3.16. The molecule has 1 aliphatic rings. The molecule has 27 heavy (non-hydrogen) atoms. The second-order valence-electron chi connectivity index (χ2n) is 6.52. The van der Waals surface area contributed by atoms with E-state index in [1.54, 1.807) is 44.8 Å². The fourth-order valence-corrected chi connectivity index (χ4v) is 3.60. The standard InChI is InChI=1S/C19H21N5O3/c1-26-13-5-6-15(27-2)14(10-13)19(25)24-9-3-4-12(11-24)16-17-18(23-22-16)21-8-7-20-17/h5-8,10,12H,3-4,9,11H2,1-2H3,(H,21,22,23). The quantitative estimate of drug-likeness (QED) is 0.761. The first-order chi connectivity index (χ1) is 13.2. The van der Waals surface area contributed by atoms with Gasteiger partial charge in [0, 0.05) is 31.4 Å². The van der Waals surface area contributed by atoms with E-state index in [-0.39, 0.29) is 11.8 Å². The molecule has 1 aromatic carbocycles. The van der Waals surface area contributed by atoms with Crippen molar-refractivity contribution in [1.82, 2.24) is 25.1 Å². The Kier molecular flexibility index (Phi) is 4.62. The van der Waals surface area contributed by atoms with Gasteiger partial charge in [-0.1, -0.05) is 0 Å². The van der Waals surface area contributed by atoms with Gasteiger partial charge < -0.3 is 14.4 Å². The van der Waals surface area contributed by atoms with Crippen molar-refractivity contribution in [2.45, 2.75) is 18.8 Å². The second kappa shape index (κ2) is 7.22. The number of nitrogens with one attached hydrogen (secondary N) is 1. The summed E-state index contributed by atoms with van der Waals surface area (Å²) in [5.41, 5.74) is 2.82. The number of rotatable bonds is 4. The van der Waals surface area contributed by atoms with Crippen LogP contribution in [0.3, 0.4) is 0 Å². The lowest BCUT2D eigenvalue weighted by Crippen LogP contribution is -2.39. The van der Waals surface area contributed by atoms with Gasteiger partial charge in [-0.2, -0.15) is 5.10 Å². The van der Waals surface area contributed by atoms with Crippen LogP contribution in [-0.2, 0) is 0 Å². The molecule has 1 atom stereocenters. The Bertz CT molecular complexity index is 971. The minimum absolute atomic E-state index is 0.0645. The number of piperidine rings is 1. The number of amides is 1. The summed E-state index contributed by atoms with van der Waals surface area (Å²) in [6.07, 6.45) is 5.16. The average Bonchev–Trinajstić information content (AvgIpc) is 3.17. The van der Waals surface area contributed by atoms with Gasteiger partial charge in [0.05, 0.1) is 25.5 Å². The van der Waals surface area contributed by atoms with Crippen LogP contribution in [0.15, 0.2) is 30.6 Å². The molecule has 4 rings (SSSR count). The third kappa shape index (κ3) is 3.18. The Morgan fingerprint density at radius 1 is 1.22 bits per heavy atom. The van der Waals surface area contributed by atoms with Gasteiger partial charge in [-0.15, -0.1) is 0 Å². The molecule has 0 bridgehead atoms. The highest BCUT2D eigenvalue weighted by Gasteiger charge is 2.29. The maximum Gasteiger partial charge on any atom is 0.257 e. The van der Waals surface area contributed by atoms with Crippen molar-refractivity contribution in [2.24, 2.45) is 0 Å². The van der Waals surface area contributed by atoms with Crippen molar-refractivity contribution in [1.29, 1.82) is 0 Å². The topological polar surface area (TPSA) is 93.2 Å². The van der Waals surface area contributed by atoms with E-state index in [1.165, 1.54) is 0 Å². The number of hydrogen-bond acceptors (Lipinski definition) is 6. The molecule has 2 aromatic heterocycles. The Morgan fingerprint density at radius 3 is 2.89 bits per heavy atom. The first-order valence-corrected chi connectivity index (χ1v) is 8.87. The van der Waals surface area contributed by atoms with Crippen molar-refractivity contribution in [3.63, 3.8) is 0 Å². The predicted octanol–water partition coefficient (Wildman–Crippen LogP) is 2.39. The zero-order chi connectivity index (χ0) is 18.8. The minimum Gasteiger partial charge on any atom is -0.497 e. The number of ether oxygens (including phenoxy) is 2. The molecule has 1 N–H and O–H groups in total. The van der Waals surface area contributed by atoms with Crippen LogP contribution in [0.25, 0.3) is 11.2 Å². The van der Waals surface area contributed by atoms with Crippen LogP contribution in [0, 0.1) is 0 Å². The molecule has 1 saturated heterocycles. The largest absolute Gasteiger partial charge is 0.497 e. The first-order valence-electron chi connectivity index (χ1n) is 8.87. The van der Waals surface area contributed by atoms with Crippen LogP contribution in [-0.4, -0.2) is 58.3 Å². The summed E-state index contributed by atoms with van der Waals surface area (Å²) in [5, 5.41) is 7.30. The zero-order valence-corrected chi connectivity index (χ0v) is 15.3. The molecule has 0 saturated carbocycles. The molecule has 1 aliphatic heterocycles. The summed E-state index contributed by atoms with van der Waals surface area (Å²) in [6.45, 7) is 1.29. The molecule has 0 aliphatic carbocycles. The van der Waals surface area contributed by atoms with Crippen LogP contribution in [0.4, 0.5) is 0 Å². The predicted molar refractivity (Wildman–Crippen MR) is 99.1 cm³/mol. The van der Waals surface area contributed by atoms with Crippen LogP contribution < -0.4 is 9.47 Å². The Balaban J connectivity index is 1.61. The van der Waals surface area contributed by atoms with Gasteiger partial charge in [0.1, 0.15) is 17.0 Å². The van der Waals surface area contributed by atoms with Crippen LogP contribution in [0.1, 0.15) is 34.8 Å². The van der Waals surface area contributed by atoms with Crippen molar-refractivity contribution >= 4 is 17.1 Å². The minimum atomic E-state index is -0.0645. The fourth-order valence-electron chi connectivity index (χ4n) is 3.60. The summed E-state index contributed by atoms with van der Waals surface area (Å²) < 4.78 is 10.6. The second-order valence-corrected chi connectivity index (χ2v) is 6.52. The smallest absolute Gasteiger partial charge is 0.257 e. The number of fused-ring (bicyclic) bond motifs is 1. The van der Waals surface area contributed by atoms with Gasteiger partial charge in [-0.05, 0) is 31.0 Å². The molecular weight excluding hydrogens is 346 g/mol. The normalized spacial score (nSPS) is 17.1. The molecule has 140 valence electrons. The van der Waals surface area contributed by atoms with Crippen LogP contribution >= 0.6 is 0 Å². The van der Waals surface area contributed by atoms with E-state index in [2.05, 4.69) is 20.2 Å². The molecule has 3 aromatic rings. The van der Waals surface area contributed by atoms with Crippen LogP contribution in [0.5, 0.6) is 11.5 Å². The molecule has 0 radical (unpaired) electrons. The van der Waals surface area contributed by atoms with Gasteiger partial charge >= 0.3 is 0 Å². The molecule has 8 heteroatoms. The summed E-state index contributed by atoms with van der Waals surface area (Å²) in [4.78, 5) is 23.6. The van der Waals surface area contributed by atoms with Crippen molar-refractivity contribution in [3.8, 4) is 11.5 Å². The van der Waals surface area contributed by atoms with E-state index in [1.807, 2.05) is 4.90 Å². The van der Waals surface area contributed by atoms with Gasteiger partial charge in [0.15, 0.2) is 5.65 Å². The molecule has 8 nitrogen and oxygen atoms in total. The summed E-state index contributed by atoms with van der Waals surface area (Å²) >= 11 is 0. The number of nitrogens with zero attached hydrogens (tertiary/aromatic N) is 4. The first kappa shape index (κ1) is 17.3. The van der Waals surface area contributed by atoms with Gasteiger partial charge in [0.25, 0.3) is 5.91 Å². The molecular formula is C19H21N5O3. The number of carbonyl (C=O) groups is 1. The van der Waals surface area contributed by atoms with E-state index >= 15 is 0 Å². The van der Waals surface area contributed by atoms with E-state index < -0.39 is 0 Å². The number of hydrogen-bond donors (Lipinski definition) is 1. The van der Waals surface area contributed by atoms with E-state index in [9.17, 15) is 4.79 Å². The molecule has 1 amide bonds. The summed E-state index contributed by atoms with van der Waals surface area (Å²) in [5.74, 6) is 1.25. The summed E-state index contributed by atoms with van der Waals surface area (Å²) in [7, 11) is 3.14. The number of carbonyl (C=O) groups excluding carboxylic acids is 1.